The third-order valence-electron chi connectivity index (χ3n) is 7.41. The van der Waals surface area contributed by atoms with E-state index in [4.69, 9.17) is 11.6 Å². The number of fused-ring (bicyclic) bond motifs is 2. The lowest BCUT2D eigenvalue weighted by Gasteiger charge is -2.15. The number of phenols is 1. The monoisotopic (exact) mass is 833 g/mol. The van der Waals surface area contributed by atoms with Gasteiger partial charge in [0.1, 0.15) is 21.2 Å². The Bertz CT molecular complexity index is 2950. The summed E-state index contributed by atoms with van der Waals surface area (Å²) in [6, 6.07) is 14.9. The molecule has 1 aromatic heterocycles. The van der Waals surface area contributed by atoms with E-state index in [1.54, 1.807) is 12.1 Å². The number of benzene rings is 5. The Kier molecular flexibility index (Phi) is 9.93. The fourth-order valence-corrected chi connectivity index (χ4v) is 7.65. The van der Waals surface area contributed by atoms with Crippen molar-refractivity contribution in [1.29, 1.82) is 0 Å². The van der Waals surface area contributed by atoms with Crippen LogP contribution in [0.4, 0.5) is 34.6 Å². The Morgan fingerprint density at radius 2 is 1.41 bits per heavy atom. The molecule has 0 amide bonds. The number of phenolic OH excluding ortho intramolecular Hbond substituents is 1. The van der Waals surface area contributed by atoms with Crippen LogP contribution in [0.15, 0.2) is 103 Å². The number of anilines is 4. The Balaban J connectivity index is 1.47. The predicted molar refractivity (Wildman–Crippen MR) is 195 cm³/mol. The van der Waals surface area contributed by atoms with Crippen molar-refractivity contribution < 1.29 is 53.9 Å². The van der Waals surface area contributed by atoms with Crippen LogP contribution in [0.25, 0.3) is 21.5 Å². The smallest absolute Gasteiger partial charge is 0.337 e. The average molecular weight is 834 g/mol. The highest BCUT2D eigenvalue weighted by atomic mass is 35.5. The third kappa shape index (κ3) is 7.87. The number of aromatic hydroxyl groups is 1. The van der Waals surface area contributed by atoms with Crippen LogP contribution < -0.4 is 10.6 Å². The summed E-state index contributed by atoms with van der Waals surface area (Å²) in [6.45, 7) is 0. The van der Waals surface area contributed by atoms with Crippen molar-refractivity contribution in [2.45, 2.75) is 19.6 Å². The standard InChI is InChI=1S/C30H20ClN7O12S4/c31-28-34-29(32-19-8-6-16(52(42,43)44)12-18(19)27(40)41)36-30(35-28)33-21-11-15(51)9-14-10-22(53(45,46)47)24(25(39)23(14)21)38-37-20-7-5-13-3-1-2-4-17(13)26(20)54(48,49)50/h1-12,39,51H,(H,40,41)(H,42,43,44)(H,45,46,47)(H,48,49,50)(H2,32,33,34,35,36). The summed E-state index contributed by atoms with van der Waals surface area (Å²) in [5, 5.41) is 33.9. The second-order valence-electron chi connectivity index (χ2n) is 10.9. The molecular weight excluding hydrogens is 814 g/mol. The van der Waals surface area contributed by atoms with Crippen molar-refractivity contribution in [3.8, 4) is 5.75 Å². The topological polar surface area (TPSA) is 308 Å². The van der Waals surface area contributed by atoms with E-state index in [1.807, 2.05) is 0 Å². The molecule has 0 unspecified atom stereocenters. The minimum Gasteiger partial charge on any atom is -0.505 e. The molecule has 24 heteroatoms. The summed E-state index contributed by atoms with van der Waals surface area (Å²) in [5.74, 6) is -3.21. The third-order valence-corrected chi connectivity index (χ3v) is 10.5. The zero-order chi connectivity index (χ0) is 39.3. The van der Waals surface area contributed by atoms with Crippen LogP contribution in [0.1, 0.15) is 10.4 Å². The van der Waals surface area contributed by atoms with Gasteiger partial charge in [0, 0.05) is 15.7 Å². The molecule has 0 aliphatic rings. The van der Waals surface area contributed by atoms with Gasteiger partial charge in [-0.3, -0.25) is 13.7 Å². The number of carbonyl (C=O) groups is 1. The van der Waals surface area contributed by atoms with Gasteiger partial charge in [-0.2, -0.15) is 40.2 Å². The quantitative estimate of drug-likeness (QED) is 0.0435. The van der Waals surface area contributed by atoms with E-state index in [0.717, 1.165) is 18.2 Å². The highest BCUT2D eigenvalue weighted by Gasteiger charge is 2.26. The van der Waals surface area contributed by atoms with E-state index in [2.05, 4.69) is 48.4 Å². The second kappa shape index (κ2) is 14.0. The summed E-state index contributed by atoms with van der Waals surface area (Å²) in [7, 11) is -14.8. The Labute approximate surface area is 314 Å². The molecule has 0 saturated heterocycles. The summed E-state index contributed by atoms with van der Waals surface area (Å²) in [4.78, 5) is 21.7. The molecule has 6 rings (SSSR count). The van der Waals surface area contributed by atoms with Crippen LogP contribution in [0.3, 0.4) is 0 Å². The maximum atomic E-state index is 12.5. The Morgan fingerprint density at radius 1 is 0.741 bits per heavy atom. The molecule has 278 valence electrons. The number of rotatable bonds is 10. The Morgan fingerprint density at radius 3 is 2.04 bits per heavy atom. The predicted octanol–water partition coefficient (Wildman–Crippen LogP) is 6.17. The molecule has 6 aromatic rings. The molecule has 0 atom stereocenters. The van der Waals surface area contributed by atoms with Gasteiger partial charge < -0.3 is 20.8 Å². The van der Waals surface area contributed by atoms with Gasteiger partial charge in [-0.15, -0.1) is 22.9 Å². The van der Waals surface area contributed by atoms with Crippen molar-refractivity contribution in [3.05, 3.63) is 83.6 Å². The zero-order valence-electron chi connectivity index (χ0n) is 26.3. The van der Waals surface area contributed by atoms with E-state index in [0.29, 0.717) is 11.5 Å². The van der Waals surface area contributed by atoms with Gasteiger partial charge in [0.15, 0.2) is 5.75 Å². The molecule has 0 saturated carbocycles. The van der Waals surface area contributed by atoms with Crippen molar-refractivity contribution >= 4 is 117 Å². The van der Waals surface area contributed by atoms with Crippen LogP contribution in [0, 0.1) is 0 Å². The van der Waals surface area contributed by atoms with Gasteiger partial charge >= 0.3 is 5.97 Å². The molecule has 0 radical (unpaired) electrons. The first-order valence-corrected chi connectivity index (χ1v) is 19.6. The summed E-state index contributed by atoms with van der Waals surface area (Å²) >= 11 is 10.4. The molecule has 5 aromatic carbocycles. The fourth-order valence-electron chi connectivity index (χ4n) is 5.22. The first kappa shape index (κ1) is 38.2. The summed E-state index contributed by atoms with van der Waals surface area (Å²) < 4.78 is 102. The summed E-state index contributed by atoms with van der Waals surface area (Å²) in [5.41, 5.74) is -2.19. The number of hydrogen-bond acceptors (Lipinski definition) is 16. The SMILES string of the molecule is O=C(O)c1cc(S(=O)(=O)O)ccc1Nc1nc(Cl)nc(Nc2cc(S)cc3cc(S(=O)(=O)O)c(N=Nc4ccc5ccccc5c4S(=O)(=O)O)c(O)c23)n1. The van der Waals surface area contributed by atoms with Crippen LogP contribution in [0.5, 0.6) is 5.75 Å². The van der Waals surface area contributed by atoms with Gasteiger partial charge in [-0.1, -0.05) is 30.3 Å². The molecule has 0 fully saturated rings. The van der Waals surface area contributed by atoms with Crippen molar-refractivity contribution in [2.24, 2.45) is 10.2 Å². The lowest BCUT2D eigenvalue weighted by Crippen LogP contribution is -2.09. The van der Waals surface area contributed by atoms with Gasteiger partial charge in [-0.05, 0) is 64.8 Å². The number of nitrogens with zero attached hydrogens (tertiary/aromatic N) is 5. The lowest BCUT2D eigenvalue weighted by atomic mass is 10.1. The molecule has 0 bridgehead atoms. The number of carboxylic acid groups (broad SMARTS) is 1. The van der Waals surface area contributed by atoms with E-state index < -0.39 is 79.0 Å². The highest BCUT2D eigenvalue weighted by Crippen LogP contribution is 2.46. The largest absolute Gasteiger partial charge is 0.505 e. The minimum absolute atomic E-state index is 0.0399. The van der Waals surface area contributed by atoms with Crippen molar-refractivity contribution in [3.63, 3.8) is 0 Å². The van der Waals surface area contributed by atoms with Crippen LogP contribution in [0.2, 0.25) is 5.28 Å². The van der Waals surface area contributed by atoms with Crippen LogP contribution in [-0.4, -0.2) is 70.0 Å². The van der Waals surface area contributed by atoms with E-state index in [-0.39, 0.29) is 44.3 Å². The van der Waals surface area contributed by atoms with E-state index in [9.17, 15) is 53.9 Å². The van der Waals surface area contributed by atoms with E-state index in [1.165, 1.54) is 36.4 Å². The molecule has 7 N–H and O–H groups in total. The number of thiol groups is 1. The Hall–Kier alpha value is -5.53. The number of aromatic carboxylic acids is 1. The second-order valence-corrected chi connectivity index (χ2v) is 16.0. The van der Waals surface area contributed by atoms with Crippen LogP contribution >= 0.6 is 24.2 Å². The molecule has 19 nitrogen and oxygen atoms in total. The van der Waals surface area contributed by atoms with Crippen LogP contribution in [-0.2, 0) is 30.4 Å². The minimum atomic E-state index is -5.15. The number of carboxylic acids is 1. The molecule has 54 heavy (non-hydrogen) atoms. The average Bonchev–Trinajstić information content (AvgIpc) is 3.05. The molecule has 0 spiro atoms. The normalized spacial score (nSPS) is 12.4. The maximum Gasteiger partial charge on any atom is 0.337 e. The fraction of sp³-hybridized carbons (Fsp3) is 0. The number of nitrogens with one attached hydrogen (secondary N) is 2. The van der Waals surface area contributed by atoms with E-state index >= 15 is 0 Å². The molecule has 0 aliphatic heterocycles. The summed E-state index contributed by atoms with van der Waals surface area (Å²) in [6.07, 6.45) is 0. The first-order valence-electron chi connectivity index (χ1n) is 14.4. The lowest BCUT2D eigenvalue weighted by molar-refractivity contribution is 0.0697. The first-order chi connectivity index (χ1) is 25.2. The molecular formula is C30H20ClN7O12S4. The molecule has 1 heterocycles. The zero-order valence-corrected chi connectivity index (χ0v) is 30.4. The van der Waals surface area contributed by atoms with Gasteiger partial charge in [0.05, 0.1) is 21.8 Å². The van der Waals surface area contributed by atoms with Crippen molar-refractivity contribution in [1.82, 2.24) is 15.0 Å². The van der Waals surface area contributed by atoms with Crippen molar-refractivity contribution in [2.75, 3.05) is 10.6 Å². The van der Waals surface area contributed by atoms with Gasteiger partial charge in [-0.25, -0.2) is 4.79 Å². The van der Waals surface area contributed by atoms with Gasteiger partial charge in [0.2, 0.25) is 17.2 Å². The maximum absolute atomic E-state index is 12.5. The number of halogens is 1. The molecule has 0 aliphatic carbocycles. The highest BCUT2D eigenvalue weighted by molar-refractivity contribution is 7.86. The number of aromatic nitrogens is 3. The number of azo groups is 1. The number of hydrogen-bond donors (Lipinski definition) is 8. The van der Waals surface area contributed by atoms with Gasteiger partial charge in [0.25, 0.3) is 30.4 Å².